The number of hydrogen-bond acceptors (Lipinski definition) is 4. The summed E-state index contributed by atoms with van der Waals surface area (Å²) in [5, 5.41) is 0. The Balaban J connectivity index is 2.82. The molecule has 1 aromatic rings. The zero-order chi connectivity index (χ0) is 7.56. The second-order valence-electron chi connectivity index (χ2n) is 2.18. The van der Waals surface area contributed by atoms with Gasteiger partial charge in [0.2, 0.25) is 0 Å². The fraction of sp³-hybridized carbons (Fsp3) is 0.500. The number of rotatable bonds is 2. The van der Waals surface area contributed by atoms with Gasteiger partial charge in [0.1, 0.15) is 0 Å². The summed E-state index contributed by atoms with van der Waals surface area (Å²) in [4.78, 5) is 1.16. The van der Waals surface area contributed by atoms with Crippen LogP contribution in [0.25, 0.3) is 0 Å². The van der Waals surface area contributed by atoms with E-state index in [4.69, 9.17) is 11.5 Å². The van der Waals surface area contributed by atoms with Gasteiger partial charge in [-0.25, -0.2) is 4.37 Å². The first kappa shape index (κ1) is 7.65. The normalized spacial score (nSPS) is 13.5. The molecule has 56 valence electrons. The first-order valence-corrected chi connectivity index (χ1v) is 3.90. The molecule has 10 heavy (non-hydrogen) atoms. The molecule has 1 rings (SSSR count). The van der Waals surface area contributed by atoms with E-state index in [1.807, 2.05) is 6.92 Å². The zero-order valence-corrected chi connectivity index (χ0v) is 6.69. The first-order valence-electron chi connectivity index (χ1n) is 3.12. The molecule has 0 amide bonds. The summed E-state index contributed by atoms with van der Waals surface area (Å²) < 4.78 is 4.00. The molecule has 0 aliphatic carbocycles. The lowest BCUT2D eigenvalue weighted by atomic mass is 10.1. The predicted molar refractivity (Wildman–Crippen MR) is 42.8 cm³/mol. The molecule has 3 nitrogen and oxygen atoms in total. The van der Waals surface area contributed by atoms with Gasteiger partial charge in [-0.1, -0.05) is 0 Å². The Bertz CT molecular complexity index is 209. The monoisotopic (exact) mass is 157 g/mol. The van der Waals surface area contributed by atoms with Crippen LogP contribution in [0.2, 0.25) is 0 Å². The molecule has 0 spiro atoms. The van der Waals surface area contributed by atoms with Gasteiger partial charge in [-0.15, -0.1) is 0 Å². The molecule has 0 saturated carbocycles. The Kier molecular flexibility index (Phi) is 2.37. The van der Waals surface area contributed by atoms with E-state index in [1.165, 1.54) is 11.5 Å². The van der Waals surface area contributed by atoms with Gasteiger partial charge in [0.25, 0.3) is 0 Å². The van der Waals surface area contributed by atoms with Gasteiger partial charge < -0.3 is 11.5 Å². The molecule has 1 unspecified atom stereocenters. The van der Waals surface area contributed by atoms with Gasteiger partial charge in [-0.05, 0) is 18.5 Å². The quantitative estimate of drug-likeness (QED) is 0.653. The van der Waals surface area contributed by atoms with Crippen molar-refractivity contribution in [2.45, 2.75) is 13.0 Å². The molecule has 1 heterocycles. The highest BCUT2D eigenvalue weighted by Crippen LogP contribution is 2.16. The fourth-order valence-electron chi connectivity index (χ4n) is 0.790. The van der Waals surface area contributed by atoms with Crippen molar-refractivity contribution in [1.29, 1.82) is 0 Å². The molecule has 4 heteroatoms. The Morgan fingerprint density at radius 3 is 2.90 bits per heavy atom. The number of aromatic nitrogens is 1. The van der Waals surface area contributed by atoms with E-state index in [1.54, 1.807) is 6.20 Å². The maximum absolute atomic E-state index is 5.68. The van der Waals surface area contributed by atoms with Crippen LogP contribution in [0.1, 0.15) is 16.5 Å². The molecule has 4 N–H and O–H groups in total. The Morgan fingerprint density at radius 2 is 2.50 bits per heavy atom. The van der Waals surface area contributed by atoms with Crippen LogP contribution in [0.4, 0.5) is 0 Å². The molecule has 0 aromatic carbocycles. The third-order valence-corrected chi connectivity index (χ3v) is 2.16. The van der Waals surface area contributed by atoms with Crippen LogP contribution < -0.4 is 11.5 Å². The van der Waals surface area contributed by atoms with Crippen molar-refractivity contribution in [2.24, 2.45) is 11.5 Å². The van der Waals surface area contributed by atoms with E-state index < -0.39 is 0 Å². The Labute approximate surface area is 64.2 Å². The summed E-state index contributed by atoms with van der Waals surface area (Å²) in [7, 11) is 0. The Morgan fingerprint density at radius 1 is 1.80 bits per heavy atom. The van der Waals surface area contributed by atoms with Gasteiger partial charge in [-0.3, -0.25) is 0 Å². The Hall–Kier alpha value is -0.450. The summed E-state index contributed by atoms with van der Waals surface area (Å²) in [6.45, 7) is 2.49. The molecule has 0 saturated heterocycles. The molecule has 0 fully saturated rings. The van der Waals surface area contributed by atoms with Crippen LogP contribution in [0.3, 0.4) is 0 Å². The van der Waals surface area contributed by atoms with E-state index in [9.17, 15) is 0 Å². The van der Waals surface area contributed by atoms with Crippen molar-refractivity contribution in [3.8, 4) is 0 Å². The maximum atomic E-state index is 5.68. The summed E-state index contributed by atoms with van der Waals surface area (Å²) in [5.74, 6) is 0. The average molecular weight is 157 g/mol. The van der Waals surface area contributed by atoms with Crippen LogP contribution in [0.15, 0.2) is 6.20 Å². The van der Waals surface area contributed by atoms with Gasteiger partial charge in [0, 0.05) is 29.2 Å². The lowest BCUT2D eigenvalue weighted by Crippen LogP contribution is -2.20. The molecule has 0 aliphatic heterocycles. The maximum Gasteiger partial charge on any atom is 0.0458 e. The average Bonchev–Trinajstić information content (AvgIpc) is 2.34. The summed E-state index contributed by atoms with van der Waals surface area (Å²) >= 11 is 1.46. The summed E-state index contributed by atoms with van der Waals surface area (Å²) in [6, 6.07) is -0.0428. The second kappa shape index (κ2) is 3.09. The van der Waals surface area contributed by atoms with Gasteiger partial charge in [0.15, 0.2) is 0 Å². The highest BCUT2D eigenvalue weighted by Gasteiger charge is 2.07. The smallest absolute Gasteiger partial charge is 0.0458 e. The number of nitrogens with two attached hydrogens (primary N) is 2. The van der Waals surface area contributed by atoms with Crippen molar-refractivity contribution in [3.63, 3.8) is 0 Å². The standard InChI is InChI=1S/C6H11N3S/c1-4-5(3-9-10-4)6(8)2-7/h3,6H,2,7-8H2,1H3. The van der Waals surface area contributed by atoms with Gasteiger partial charge in [-0.2, -0.15) is 0 Å². The minimum Gasteiger partial charge on any atom is -0.329 e. The van der Waals surface area contributed by atoms with Crippen LogP contribution >= 0.6 is 11.5 Å². The molecule has 1 aromatic heterocycles. The van der Waals surface area contributed by atoms with Crippen molar-refractivity contribution in [1.82, 2.24) is 4.37 Å². The van der Waals surface area contributed by atoms with Gasteiger partial charge >= 0.3 is 0 Å². The van der Waals surface area contributed by atoms with Crippen molar-refractivity contribution in [2.75, 3.05) is 6.54 Å². The van der Waals surface area contributed by atoms with Crippen LogP contribution in [0, 0.1) is 6.92 Å². The molecule has 1 atom stereocenters. The number of aryl methyl sites for hydroxylation is 1. The largest absolute Gasteiger partial charge is 0.329 e. The lowest BCUT2D eigenvalue weighted by molar-refractivity contribution is 0.734. The van der Waals surface area contributed by atoms with E-state index in [0.29, 0.717) is 6.54 Å². The van der Waals surface area contributed by atoms with E-state index in [2.05, 4.69) is 4.37 Å². The molecular weight excluding hydrogens is 146 g/mol. The molecule has 0 bridgehead atoms. The van der Waals surface area contributed by atoms with E-state index in [0.717, 1.165) is 10.4 Å². The highest BCUT2D eigenvalue weighted by atomic mass is 32.1. The second-order valence-corrected chi connectivity index (χ2v) is 3.19. The van der Waals surface area contributed by atoms with Crippen molar-refractivity contribution in [3.05, 3.63) is 16.6 Å². The molecular formula is C6H11N3S. The fourth-order valence-corrected chi connectivity index (χ4v) is 1.42. The van der Waals surface area contributed by atoms with Crippen LogP contribution in [0.5, 0.6) is 0 Å². The van der Waals surface area contributed by atoms with Gasteiger partial charge in [0.05, 0.1) is 0 Å². The third kappa shape index (κ3) is 1.34. The lowest BCUT2D eigenvalue weighted by Gasteiger charge is -2.05. The van der Waals surface area contributed by atoms with Crippen molar-refractivity contribution >= 4 is 11.5 Å². The number of hydrogen-bond donors (Lipinski definition) is 2. The van der Waals surface area contributed by atoms with Crippen LogP contribution in [-0.4, -0.2) is 10.9 Å². The molecule has 0 radical (unpaired) electrons. The van der Waals surface area contributed by atoms with E-state index >= 15 is 0 Å². The zero-order valence-electron chi connectivity index (χ0n) is 5.87. The highest BCUT2D eigenvalue weighted by molar-refractivity contribution is 7.05. The third-order valence-electron chi connectivity index (χ3n) is 1.44. The molecule has 0 aliphatic rings. The summed E-state index contributed by atoms with van der Waals surface area (Å²) in [5.41, 5.74) is 12.1. The first-order chi connectivity index (χ1) is 4.75. The minimum atomic E-state index is -0.0428. The SMILES string of the molecule is Cc1sncc1C(N)CN. The minimum absolute atomic E-state index is 0.0428. The van der Waals surface area contributed by atoms with E-state index in [-0.39, 0.29) is 6.04 Å². The van der Waals surface area contributed by atoms with Crippen molar-refractivity contribution < 1.29 is 0 Å². The predicted octanol–water partition coefficient (Wildman–Crippen LogP) is 0.410. The van der Waals surface area contributed by atoms with Crippen LogP contribution in [-0.2, 0) is 0 Å². The topological polar surface area (TPSA) is 64.9 Å². The number of nitrogens with zero attached hydrogens (tertiary/aromatic N) is 1. The summed E-state index contributed by atoms with van der Waals surface area (Å²) in [6.07, 6.45) is 1.79.